The standard InChI is InChI=1S/C13H15N5S.C8H10/c1-8-10-6-9(2-3-11(10)18-17-8)12-7-16-13(19-12)15-5-4-14;1-8-6-4-2-3-5-7-8/h2-3,6-7H,4-5,14H2,1H3,(H,15,16)(H,17,18);2-6H,7H2,1H3. The molecule has 27 heavy (non-hydrogen) atoms. The summed E-state index contributed by atoms with van der Waals surface area (Å²) in [6, 6.07) is 6.25. The van der Waals surface area contributed by atoms with E-state index in [9.17, 15) is 0 Å². The summed E-state index contributed by atoms with van der Waals surface area (Å²) >= 11 is 1.63. The first-order valence-corrected chi connectivity index (χ1v) is 9.83. The Morgan fingerprint density at radius 1 is 1.22 bits per heavy atom. The number of benzene rings is 1. The van der Waals surface area contributed by atoms with Crippen LogP contribution in [0.4, 0.5) is 5.13 Å². The summed E-state index contributed by atoms with van der Waals surface area (Å²) in [5, 5.41) is 12.5. The number of allylic oxidation sites excluding steroid dienone is 6. The maximum Gasteiger partial charge on any atom is 0.183 e. The highest BCUT2D eigenvalue weighted by atomic mass is 32.1. The van der Waals surface area contributed by atoms with E-state index in [1.54, 1.807) is 11.3 Å². The van der Waals surface area contributed by atoms with E-state index in [1.807, 2.05) is 19.2 Å². The summed E-state index contributed by atoms with van der Waals surface area (Å²) in [4.78, 5) is 5.49. The van der Waals surface area contributed by atoms with Gasteiger partial charge in [-0.25, -0.2) is 4.98 Å². The van der Waals surface area contributed by atoms with Crippen molar-refractivity contribution in [1.82, 2.24) is 15.2 Å². The van der Waals surface area contributed by atoms with Crippen molar-refractivity contribution in [2.45, 2.75) is 20.3 Å². The van der Waals surface area contributed by atoms with E-state index in [0.717, 1.165) is 45.1 Å². The minimum Gasteiger partial charge on any atom is -0.360 e. The lowest BCUT2D eigenvalue weighted by atomic mass is 10.1. The molecule has 0 spiro atoms. The van der Waals surface area contributed by atoms with Crippen LogP contribution in [0.15, 0.2) is 60.3 Å². The Balaban J connectivity index is 0.000000221. The Kier molecular flexibility index (Phi) is 6.57. The van der Waals surface area contributed by atoms with Crippen LogP contribution in [0.5, 0.6) is 0 Å². The normalized spacial score (nSPS) is 13.1. The van der Waals surface area contributed by atoms with Crippen molar-refractivity contribution < 1.29 is 0 Å². The summed E-state index contributed by atoms with van der Waals surface area (Å²) in [6.07, 6.45) is 13.5. The van der Waals surface area contributed by atoms with Gasteiger partial charge in [0.1, 0.15) is 0 Å². The lowest BCUT2D eigenvalue weighted by Crippen LogP contribution is -2.12. The van der Waals surface area contributed by atoms with Gasteiger partial charge in [0.25, 0.3) is 0 Å². The molecule has 2 aromatic heterocycles. The smallest absolute Gasteiger partial charge is 0.183 e. The fourth-order valence-electron chi connectivity index (χ4n) is 2.64. The molecule has 3 aromatic rings. The predicted molar refractivity (Wildman–Crippen MR) is 116 cm³/mol. The number of aryl methyl sites for hydroxylation is 1. The zero-order valence-corrected chi connectivity index (χ0v) is 16.5. The van der Waals surface area contributed by atoms with Crippen molar-refractivity contribution >= 4 is 27.4 Å². The van der Waals surface area contributed by atoms with Crippen molar-refractivity contribution in [3.63, 3.8) is 0 Å². The summed E-state index contributed by atoms with van der Waals surface area (Å²) < 4.78 is 0. The lowest BCUT2D eigenvalue weighted by Gasteiger charge is -1.98. The number of anilines is 1. The van der Waals surface area contributed by atoms with Gasteiger partial charge < -0.3 is 11.1 Å². The monoisotopic (exact) mass is 379 g/mol. The minimum atomic E-state index is 0.606. The predicted octanol–water partition coefficient (Wildman–Crippen LogP) is 4.81. The molecule has 0 fully saturated rings. The molecule has 0 saturated heterocycles. The second-order valence-corrected chi connectivity index (χ2v) is 7.39. The molecular formula is C21H25N5S. The van der Waals surface area contributed by atoms with E-state index in [2.05, 4.69) is 69.9 Å². The molecule has 140 valence electrons. The molecule has 1 aromatic carbocycles. The number of fused-ring (bicyclic) bond motifs is 1. The van der Waals surface area contributed by atoms with Gasteiger partial charge in [-0.05, 0) is 38.0 Å². The second kappa shape index (κ2) is 9.30. The van der Waals surface area contributed by atoms with Crippen LogP contribution in [-0.2, 0) is 0 Å². The highest BCUT2D eigenvalue weighted by Crippen LogP contribution is 2.31. The molecule has 4 rings (SSSR count). The molecule has 0 saturated carbocycles. The summed E-state index contributed by atoms with van der Waals surface area (Å²) in [5.41, 5.74) is 10.1. The summed E-state index contributed by atoms with van der Waals surface area (Å²) in [5.74, 6) is 0. The average Bonchev–Trinajstić information content (AvgIpc) is 3.22. The third-order valence-corrected chi connectivity index (χ3v) is 5.14. The molecular weight excluding hydrogens is 354 g/mol. The number of hydrogen-bond donors (Lipinski definition) is 3. The Hall–Kier alpha value is -2.70. The number of hydrogen-bond acceptors (Lipinski definition) is 5. The maximum absolute atomic E-state index is 5.47. The van der Waals surface area contributed by atoms with Gasteiger partial charge in [-0.15, -0.1) is 0 Å². The van der Waals surface area contributed by atoms with Gasteiger partial charge in [-0.1, -0.05) is 53.4 Å². The van der Waals surface area contributed by atoms with Gasteiger partial charge in [-0.2, -0.15) is 5.10 Å². The molecule has 0 bridgehead atoms. The van der Waals surface area contributed by atoms with Crippen molar-refractivity contribution in [2.24, 2.45) is 5.73 Å². The largest absolute Gasteiger partial charge is 0.360 e. The first-order valence-electron chi connectivity index (χ1n) is 9.01. The number of aromatic nitrogens is 3. The second-order valence-electron chi connectivity index (χ2n) is 6.36. The van der Waals surface area contributed by atoms with E-state index < -0.39 is 0 Å². The highest BCUT2D eigenvalue weighted by Gasteiger charge is 2.07. The number of rotatable bonds is 4. The minimum absolute atomic E-state index is 0.606. The number of aromatic amines is 1. The van der Waals surface area contributed by atoms with E-state index in [-0.39, 0.29) is 0 Å². The zero-order valence-electron chi connectivity index (χ0n) is 15.7. The lowest BCUT2D eigenvalue weighted by molar-refractivity contribution is 1.02. The van der Waals surface area contributed by atoms with Crippen molar-refractivity contribution in [1.29, 1.82) is 0 Å². The molecule has 0 unspecified atom stereocenters. The third kappa shape index (κ3) is 5.15. The number of thiazole rings is 1. The fourth-order valence-corrected chi connectivity index (χ4v) is 3.48. The average molecular weight is 380 g/mol. The van der Waals surface area contributed by atoms with E-state index in [0.29, 0.717) is 6.54 Å². The molecule has 1 aliphatic carbocycles. The topological polar surface area (TPSA) is 79.6 Å². The van der Waals surface area contributed by atoms with E-state index in [1.165, 1.54) is 5.57 Å². The maximum atomic E-state index is 5.47. The molecule has 5 nitrogen and oxygen atoms in total. The van der Waals surface area contributed by atoms with Crippen LogP contribution >= 0.6 is 11.3 Å². The number of H-pyrrole nitrogens is 1. The van der Waals surface area contributed by atoms with E-state index in [4.69, 9.17) is 5.73 Å². The van der Waals surface area contributed by atoms with Crippen LogP contribution in [-0.4, -0.2) is 28.3 Å². The molecule has 0 atom stereocenters. The first-order chi connectivity index (χ1) is 13.2. The van der Waals surface area contributed by atoms with Crippen LogP contribution < -0.4 is 11.1 Å². The third-order valence-electron chi connectivity index (χ3n) is 4.13. The highest BCUT2D eigenvalue weighted by molar-refractivity contribution is 7.18. The Labute approximate surface area is 163 Å². The summed E-state index contributed by atoms with van der Waals surface area (Å²) in [6.45, 7) is 5.52. The molecule has 4 N–H and O–H groups in total. The van der Waals surface area contributed by atoms with Crippen LogP contribution in [0.2, 0.25) is 0 Å². The molecule has 0 aliphatic heterocycles. The van der Waals surface area contributed by atoms with Crippen LogP contribution in [0.3, 0.4) is 0 Å². The van der Waals surface area contributed by atoms with Gasteiger partial charge in [0.2, 0.25) is 0 Å². The molecule has 6 heteroatoms. The van der Waals surface area contributed by atoms with Crippen molar-refractivity contribution in [3.05, 3.63) is 66.0 Å². The Morgan fingerprint density at radius 2 is 2.11 bits per heavy atom. The fraction of sp³-hybridized carbons (Fsp3) is 0.238. The number of nitrogens with two attached hydrogens (primary N) is 1. The zero-order chi connectivity index (χ0) is 19.1. The molecule has 0 amide bonds. The quantitative estimate of drug-likeness (QED) is 0.607. The van der Waals surface area contributed by atoms with Gasteiger partial charge in [0.15, 0.2) is 5.13 Å². The molecule has 0 radical (unpaired) electrons. The number of nitrogens with one attached hydrogen (secondary N) is 2. The van der Waals surface area contributed by atoms with Gasteiger partial charge >= 0.3 is 0 Å². The van der Waals surface area contributed by atoms with Crippen molar-refractivity contribution in [2.75, 3.05) is 18.4 Å². The summed E-state index contributed by atoms with van der Waals surface area (Å²) in [7, 11) is 0. The van der Waals surface area contributed by atoms with Crippen LogP contribution in [0.25, 0.3) is 21.3 Å². The molecule has 2 heterocycles. The van der Waals surface area contributed by atoms with Gasteiger partial charge in [0, 0.05) is 30.4 Å². The molecule has 1 aliphatic rings. The SMILES string of the molecule is CC1=CC=CC=CC1.Cc1[nH]nc2ccc(-c3cnc(NCCN)s3)cc12. The Bertz CT molecular complexity index is 978. The van der Waals surface area contributed by atoms with Crippen LogP contribution in [0.1, 0.15) is 19.0 Å². The van der Waals surface area contributed by atoms with Crippen molar-refractivity contribution in [3.8, 4) is 10.4 Å². The Morgan fingerprint density at radius 3 is 2.96 bits per heavy atom. The van der Waals surface area contributed by atoms with Crippen LogP contribution in [0, 0.1) is 6.92 Å². The van der Waals surface area contributed by atoms with Gasteiger partial charge in [-0.3, -0.25) is 5.10 Å². The number of nitrogens with zero attached hydrogens (tertiary/aromatic N) is 2. The van der Waals surface area contributed by atoms with Gasteiger partial charge in [0.05, 0.1) is 10.4 Å². The first kappa shape index (κ1) is 19.1. The van der Waals surface area contributed by atoms with E-state index >= 15 is 0 Å².